The van der Waals surface area contributed by atoms with Gasteiger partial charge in [0.1, 0.15) is 17.3 Å². The molecule has 1 fully saturated rings. The number of aromatic hydroxyl groups is 1. The Hall–Kier alpha value is -4.52. The van der Waals surface area contributed by atoms with Crippen LogP contribution in [0, 0.1) is 6.92 Å². The largest absolute Gasteiger partial charge is 0.508 e. The van der Waals surface area contributed by atoms with Gasteiger partial charge in [-0.15, -0.1) is 0 Å². The van der Waals surface area contributed by atoms with E-state index in [4.69, 9.17) is 4.74 Å². The molecule has 1 aromatic heterocycles. The first-order valence-electron chi connectivity index (χ1n) is 11.7. The van der Waals surface area contributed by atoms with E-state index >= 15 is 0 Å². The zero-order chi connectivity index (χ0) is 25.4. The van der Waals surface area contributed by atoms with Gasteiger partial charge in [0.2, 0.25) is 0 Å². The van der Waals surface area contributed by atoms with Gasteiger partial charge in [0, 0.05) is 29.2 Å². The Morgan fingerprint density at radius 1 is 1.06 bits per heavy atom. The van der Waals surface area contributed by atoms with Gasteiger partial charge >= 0.3 is 0 Å². The maximum Gasteiger partial charge on any atom is 0.295 e. The maximum absolute atomic E-state index is 13.2. The van der Waals surface area contributed by atoms with Gasteiger partial charge < -0.3 is 24.8 Å². The van der Waals surface area contributed by atoms with Crippen molar-refractivity contribution in [3.05, 3.63) is 101 Å². The van der Waals surface area contributed by atoms with Gasteiger partial charge in [0.15, 0.2) is 0 Å². The van der Waals surface area contributed by atoms with Crippen molar-refractivity contribution in [3.63, 3.8) is 0 Å². The number of Topliss-reactive ketones (excluding diaryl/α,β-unsaturated/α-hetero) is 1. The maximum atomic E-state index is 13.2. The number of nitrogens with zero attached hydrogens (tertiary/aromatic N) is 1. The molecule has 1 amide bonds. The molecule has 3 aromatic carbocycles. The summed E-state index contributed by atoms with van der Waals surface area (Å²) in [6, 6.07) is 18.4. The second kappa shape index (κ2) is 9.26. The molecular weight excluding hydrogens is 456 g/mol. The molecule has 1 saturated heterocycles. The molecule has 3 N–H and O–H groups in total. The molecule has 7 nitrogen and oxygen atoms in total. The summed E-state index contributed by atoms with van der Waals surface area (Å²) in [4.78, 5) is 31.2. The highest BCUT2D eigenvalue weighted by Gasteiger charge is 2.46. The average Bonchev–Trinajstić information content (AvgIpc) is 3.40. The number of phenols is 1. The van der Waals surface area contributed by atoms with Crippen molar-refractivity contribution in [2.45, 2.75) is 19.4 Å². The number of phenolic OH excluding ortho intramolecular Hbond substituents is 1. The predicted molar refractivity (Wildman–Crippen MR) is 137 cm³/mol. The number of aryl methyl sites for hydroxylation is 1. The van der Waals surface area contributed by atoms with Gasteiger partial charge in [-0.3, -0.25) is 9.59 Å². The van der Waals surface area contributed by atoms with Crippen molar-refractivity contribution in [1.29, 1.82) is 0 Å². The number of nitrogens with one attached hydrogen (secondary N) is 1. The van der Waals surface area contributed by atoms with E-state index in [-0.39, 0.29) is 23.6 Å². The molecule has 4 aromatic rings. The molecule has 0 unspecified atom stereocenters. The zero-order valence-corrected chi connectivity index (χ0v) is 20.0. The lowest BCUT2D eigenvalue weighted by atomic mass is 9.94. The highest BCUT2D eigenvalue weighted by Crippen LogP contribution is 2.40. The van der Waals surface area contributed by atoms with Crippen molar-refractivity contribution in [2.24, 2.45) is 0 Å². The van der Waals surface area contributed by atoms with E-state index in [2.05, 4.69) is 4.98 Å². The number of benzene rings is 3. The van der Waals surface area contributed by atoms with Gasteiger partial charge in [0.05, 0.1) is 18.7 Å². The topological polar surface area (TPSA) is 103 Å². The predicted octanol–water partition coefficient (Wildman–Crippen LogP) is 4.85. The summed E-state index contributed by atoms with van der Waals surface area (Å²) in [6.45, 7) is 2.16. The number of fused-ring (bicyclic) bond motifs is 1. The third kappa shape index (κ3) is 4.09. The van der Waals surface area contributed by atoms with Crippen LogP contribution < -0.4 is 4.74 Å². The van der Waals surface area contributed by atoms with Gasteiger partial charge in [0.25, 0.3) is 11.7 Å². The number of H-pyrrole nitrogens is 1. The lowest BCUT2D eigenvalue weighted by Crippen LogP contribution is -2.31. The summed E-state index contributed by atoms with van der Waals surface area (Å²) in [5.41, 5.74) is 3.92. The summed E-state index contributed by atoms with van der Waals surface area (Å²) in [6.07, 6.45) is 2.36. The number of carbonyl (C=O) groups excluding carboxylic acids is 2. The lowest BCUT2D eigenvalue weighted by Gasteiger charge is -2.25. The van der Waals surface area contributed by atoms with Crippen molar-refractivity contribution < 1.29 is 24.5 Å². The fraction of sp³-hybridized carbons (Fsp3) is 0.172. The molecule has 1 aliphatic heterocycles. The van der Waals surface area contributed by atoms with Crippen molar-refractivity contribution in [3.8, 4) is 11.5 Å². The van der Waals surface area contributed by atoms with E-state index in [9.17, 15) is 19.8 Å². The normalized spacial score (nSPS) is 17.2. The lowest BCUT2D eigenvalue weighted by molar-refractivity contribution is -0.139. The SMILES string of the molecule is COc1ccc2[nH]cc(CCN3C(=O)C(=O)C(=C(O)c4ccc(C)cc4)[C@H]3c3cccc(O)c3)c2c1. The number of amides is 1. The van der Waals surface area contributed by atoms with Crippen LogP contribution in [-0.2, 0) is 16.0 Å². The van der Waals surface area contributed by atoms with Gasteiger partial charge in [-0.1, -0.05) is 42.0 Å². The summed E-state index contributed by atoms with van der Waals surface area (Å²) >= 11 is 0. The molecule has 36 heavy (non-hydrogen) atoms. The molecule has 0 saturated carbocycles. The summed E-state index contributed by atoms with van der Waals surface area (Å²) in [5.74, 6) is -0.934. The number of rotatable bonds is 6. The number of hydrogen-bond acceptors (Lipinski definition) is 5. The van der Waals surface area contributed by atoms with Crippen LogP contribution in [0.1, 0.15) is 28.3 Å². The fourth-order valence-electron chi connectivity index (χ4n) is 4.75. The molecule has 1 aliphatic rings. The van der Waals surface area contributed by atoms with Crippen LogP contribution in [-0.4, -0.2) is 45.4 Å². The number of aromatic nitrogens is 1. The minimum Gasteiger partial charge on any atom is -0.508 e. The molecule has 1 atom stereocenters. The van der Waals surface area contributed by atoms with Crippen LogP contribution in [0.5, 0.6) is 11.5 Å². The third-order valence-corrected chi connectivity index (χ3v) is 6.65. The molecular formula is C29H26N2O5. The Kier molecular flexibility index (Phi) is 5.98. The molecule has 0 radical (unpaired) electrons. The van der Waals surface area contributed by atoms with E-state index < -0.39 is 17.7 Å². The van der Waals surface area contributed by atoms with E-state index in [1.807, 2.05) is 43.5 Å². The molecule has 2 heterocycles. The number of aliphatic hydroxyl groups is 1. The third-order valence-electron chi connectivity index (χ3n) is 6.65. The highest BCUT2D eigenvalue weighted by atomic mass is 16.5. The molecule has 7 heteroatoms. The minimum atomic E-state index is -0.835. The van der Waals surface area contributed by atoms with E-state index in [1.54, 1.807) is 31.4 Å². The first-order chi connectivity index (χ1) is 17.4. The van der Waals surface area contributed by atoms with E-state index in [1.165, 1.54) is 17.0 Å². The quantitative estimate of drug-likeness (QED) is 0.207. The summed E-state index contributed by atoms with van der Waals surface area (Å²) < 4.78 is 5.35. The number of carbonyl (C=O) groups is 2. The monoisotopic (exact) mass is 482 g/mol. The number of likely N-dealkylation sites (tertiary alicyclic amines) is 1. The Balaban J connectivity index is 1.56. The number of ether oxygens (including phenoxy) is 1. The van der Waals surface area contributed by atoms with Crippen LogP contribution in [0.2, 0.25) is 0 Å². The van der Waals surface area contributed by atoms with Crippen molar-refractivity contribution >= 4 is 28.4 Å². The van der Waals surface area contributed by atoms with E-state index in [0.717, 1.165) is 27.8 Å². The highest BCUT2D eigenvalue weighted by molar-refractivity contribution is 6.46. The van der Waals surface area contributed by atoms with Crippen LogP contribution in [0.4, 0.5) is 0 Å². The van der Waals surface area contributed by atoms with Crippen LogP contribution in [0.15, 0.2) is 78.5 Å². The average molecular weight is 483 g/mol. The minimum absolute atomic E-state index is 0.00930. The summed E-state index contributed by atoms with van der Waals surface area (Å²) in [7, 11) is 1.61. The van der Waals surface area contributed by atoms with Gasteiger partial charge in [-0.25, -0.2) is 0 Å². The van der Waals surface area contributed by atoms with Crippen LogP contribution in [0.25, 0.3) is 16.7 Å². The second-order valence-corrected chi connectivity index (χ2v) is 8.93. The molecule has 0 aliphatic carbocycles. The second-order valence-electron chi connectivity index (χ2n) is 8.93. The standard InChI is InChI=1S/C29H26N2O5/c1-17-6-8-18(9-7-17)27(33)25-26(19-4-3-5-21(32)14-19)31(29(35)28(25)34)13-12-20-16-30-24-11-10-22(36-2)15-23(20)24/h3-11,14-16,26,30,32-33H,12-13H2,1-2H3/t26-/m1/s1. The zero-order valence-electron chi connectivity index (χ0n) is 20.0. The van der Waals surface area contributed by atoms with Crippen LogP contribution >= 0.6 is 0 Å². The Labute approximate surface area is 208 Å². The molecule has 5 rings (SSSR count). The summed E-state index contributed by atoms with van der Waals surface area (Å²) in [5, 5.41) is 22.3. The van der Waals surface area contributed by atoms with Crippen molar-refractivity contribution in [2.75, 3.05) is 13.7 Å². The Bertz CT molecular complexity index is 1500. The number of hydrogen-bond donors (Lipinski definition) is 3. The van der Waals surface area contributed by atoms with Crippen LogP contribution in [0.3, 0.4) is 0 Å². The van der Waals surface area contributed by atoms with Gasteiger partial charge in [-0.05, 0) is 54.8 Å². The van der Waals surface area contributed by atoms with E-state index in [0.29, 0.717) is 17.5 Å². The first kappa shape index (κ1) is 23.2. The smallest absolute Gasteiger partial charge is 0.295 e. The fourth-order valence-corrected chi connectivity index (χ4v) is 4.75. The first-order valence-corrected chi connectivity index (χ1v) is 11.7. The number of ketones is 1. The number of aliphatic hydroxyl groups excluding tert-OH is 1. The molecule has 0 bridgehead atoms. The van der Waals surface area contributed by atoms with Crippen molar-refractivity contribution in [1.82, 2.24) is 9.88 Å². The number of methoxy groups -OCH3 is 1. The molecule has 182 valence electrons. The van der Waals surface area contributed by atoms with Gasteiger partial charge in [-0.2, -0.15) is 0 Å². The Morgan fingerprint density at radius 2 is 1.83 bits per heavy atom. The number of aromatic amines is 1. The Morgan fingerprint density at radius 3 is 2.56 bits per heavy atom. The molecule has 0 spiro atoms.